The predicted octanol–water partition coefficient (Wildman–Crippen LogP) is 2.07. The first kappa shape index (κ1) is 14.4. The number of amides is 1. The van der Waals surface area contributed by atoms with Crippen LogP contribution in [0.15, 0.2) is 15.2 Å². The Balaban J connectivity index is 2.27. The highest BCUT2D eigenvalue weighted by atomic mass is 79.9. The molecule has 0 aliphatic carbocycles. The number of thiophene rings is 1. The van der Waals surface area contributed by atoms with E-state index in [2.05, 4.69) is 15.9 Å². The first-order chi connectivity index (χ1) is 8.39. The van der Waals surface area contributed by atoms with Gasteiger partial charge in [-0.2, -0.15) is 11.8 Å². The van der Waals surface area contributed by atoms with Crippen molar-refractivity contribution < 1.29 is 13.2 Å². The van der Waals surface area contributed by atoms with Gasteiger partial charge in [0, 0.05) is 29.7 Å². The average Bonchev–Trinajstić information content (AvgIpc) is 2.74. The maximum absolute atomic E-state index is 12.3. The number of halogens is 1. The molecule has 0 bridgehead atoms. The Labute approximate surface area is 123 Å². The molecule has 100 valence electrons. The Kier molecular flexibility index (Phi) is 4.40. The largest absolute Gasteiger partial charge is 0.320 e. The molecule has 1 aliphatic rings. The Morgan fingerprint density at radius 2 is 2.28 bits per heavy atom. The zero-order valence-electron chi connectivity index (χ0n) is 9.63. The fourth-order valence-corrected chi connectivity index (χ4v) is 5.70. The lowest BCUT2D eigenvalue weighted by atomic mass is 10.3. The first-order valence-electron chi connectivity index (χ1n) is 5.21. The maximum Gasteiger partial charge on any atom is 0.255 e. The summed E-state index contributed by atoms with van der Waals surface area (Å²) < 4.78 is 24.3. The van der Waals surface area contributed by atoms with Crippen LogP contribution in [0.2, 0.25) is 0 Å². The first-order valence-corrected chi connectivity index (χ1v) is 9.99. The normalized spacial score (nSPS) is 21.0. The van der Waals surface area contributed by atoms with E-state index in [-0.39, 0.29) is 5.91 Å². The molecule has 0 saturated carbocycles. The van der Waals surface area contributed by atoms with Gasteiger partial charge >= 0.3 is 0 Å². The zero-order valence-corrected chi connectivity index (χ0v) is 13.7. The second-order valence-corrected chi connectivity index (χ2v) is 9.64. The molecule has 2 heterocycles. The summed E-state index contributed by atoms with van der Waals surface area (Å²) in [5, 5.41) is 1.04. The minimum absolute atomic E-state index is 0.201. The van der Waals surface area contributed by atoms with Crippen LogP contribution in [0.1, 0.15) is 10.4 Å². The Morgan fingerprint density at radius 1 is 1.56 bits per heavy atom. The number of rotatable bonds is 2. The average molecular weight is 370 g/mol. The molecule has 0 aromatic carbocycles. The zero-order chi connectivity index (χ0) is 13.3. The Hall–Kier alpha value is -0.0500. The van der Waals surface area contributed by atoms with Crippen LogP contribution in [-0.2, 0) is 9.84 Å². The summed E-state index contributed by atoms with van der Waals surface area (Å²) in [5.41, 5.74) is 0.549. The van der Waals surface area contributed by atoms with Crippen molar-refractivity contribution in [2.75, 3.05) is 24.3 Å². The molecule has 8 heteroatoms. The topological polar surface area (TPSA) is 54.5 Å². The van der Waals surface area contributed by atoms with Crippen molar-refractivity contribution in [3.63, 3.8) is 0 Å². The van der Waals surface area contributed by atoms with E-state index in [9.17, 15) is 13.2 Å². The highest BCUT2D eigenvalue weighted by Crippen LogP contribution is 2.26. The van der Waals surface area contributed by atoms with Gasteiger partial charge in [0.1, 0.15) is 5.37 Å². The SMILES string of the molecule is CS(=O)(=O)C1CSCCN1C(=O)c1csc(Br)c1. The van der Waals surface area contributed by atoms with E-state index in [4.69, 9.17) is 0 Å². The summed E-state index contributed by atoms with van der Waals surface area (Å²) in [6, 6.07) is 1.73. The quantitative estimate of drug-likeness (QED) is 0.800. The lowest BCUT2D eigenvalue weighted by Gasteiger charge is -2.33. The summed E-state index contributed by atoms with van der Waals surface area (Å²) in [6.07, 6.45) is 1.19. The number of thioether (sulfide) groups is 1. The summed E-state index contributed by atoms with van der Waals surface area (Å²) in [5.74, 6) is 1.03. The lowest BCUT2D eigenvalue weighted by molar-refractivity contribution is 0.0750. The Morgan fingerprint density at radius 3 is 2.83 bits per heavy atom. The molecule has 1 aromatic heterocycles. The fourth-order valence-electron chi connectivity index (χ4n) is 1.76. The summed E-state index contributed by atoms with van der Waals surface area (Å²) >= 11 is 6.30. The van der Waals surface area contributed by atoms with Crippen molar-refractivity contribution in [1.29, 1.82) is 0 Å². The van der Waals surface area contributed by atoms with Crippen LogP contribution in [0, 0.1) is 0 Å². The predicted molar refractivity (Wildman–Crippen MR) is 79.0 cm³/mol. The van der Waals surface area contributed by atoms with Gasteiger partial charge in [0.15, 0.2) is 9.84 Å². The molecule has 1 saturated heterocycles. The molecular formula is C10H12BrNO3S3. The van der Waals surface area contributed by atoms with Gasteiger partial charge in [0.25, 0.3) is 5.91 Å². The highest BCUT2D eigenvalue weighted by Gasteiger charge is 2.34. The molecule has 1 atom stereocenters. The molecule has 1 amide bonds. The third-order valence-electron chi connectivity index (χ3n) is 2.65. The minimum Gasteiger partial charge on any atom is -0.320 e. The molecule has 0 N–H and O–H groups in total. The van der Waals surface area contributed by atoms with Crippen molar-refractivity contribution in [2.45, 2.75) is 5.37 Å². The van der Waals surface area contributed by atoms with Gasteiger partial charge in [0.2, 0.25) is 0 Å². The van der Waals surface area contributed by atoms with Gasteiger partial charge in [0.05, 0.1) is 9.35 Å². The molecular weight excluding hydrogens is 358 g/mol. The number of hydrogen-bond donors (Lipinski definition) is 0. The van der Waals surface area contributed by atoms with Gasteiger partial charge in [-0.1, -0.05) is 0 Å². The van der Waals surface area contributed by atoms with Gasteiger partial charge in [-0.25, -0.2) is 8.42 Å². The van der Waals surface area contributed by atoms with Gasteiger partial charge in [-0.05, 0) is 22.0 Å². The Bertz CT molecular complexity index is 554. The fraction of sp³-hybridized carbons (Fsp3) is 0.500. The monoisotopic (exact) mass is 369 g/mol. The molecule has 1 fully saturated rings. The van der Waals surface area contributed by atoms with Gasteiger partial charge < -0.3 is 4.90 Å². The van der Waals surface area contributed by atoms with Crippen LogP contribution in [0.5, 0.6) is 0 Å². The number of carbonyl (C=O) groups is 1. The molecule has 1 aliphatic heterocycles. The second-order valence-electron chi connectivity index (χ2n) is 4.00. The van der Waals surface area contributed by atoms with Gasteiger partial charge in [-0.3, -0.25) is 4.79 Å². The number of hydrogen-bond acceptors (Lipinski definition) is 5. The van der Waals surface area contributed by atoms with E-state index < -0.39 is 15.2 Å². The second kappa shape index (κ2) is 5.52. The van der Waals surface area contributed by atoms with Crippen LogP contribution in [0.3, 0.4) is 0 Å². The molecule has 18 heavy (non-hydrogen) atoms. The number of sulfone groups is 1. The standard InChI is InChI=1S/C10H12BrNO3S3/c1-18(14,15)9-6-16-3-2-12(9)10(13)7-4-8(11)17-5-7/h4-5,9H,2-3,6H2,1H3. The van der Waals surface area contributed by atoms with Crippen LogP contribution >= 0.6 is 39.0 Å². The lowest BCUT2D eigenvalue weighted by Crippen LogP contribution is -2.49. The molecule has 1 aromatic rings. The molecule has 2 rings (SSSR count). The summed E-state index contributed by atoms with van der Waals surface area (Å²) in [7, 11) is -3.25. The van der Waals surface area contributed by atoms with E-state index in [0.29, 0.717) is 17.9 Å². The van der Waals surface area contributed by atoms with Crippen LogP contribution < -0.4 is 0 Å². The summed E-state index contributed by atoms with van der Waals surface area (Å²) in [4.78, 5) is 13.8. The van der Waals surface area contributed by atoms with Crippen molar-refractivity contribution in [2.24, 2.45) is 0 Å². The van der Waals surface area contributed by atoms with Crippen LogP contribution in [0.4, 0.5) is 0 Å². The van der Waals surface area contributed by atoms with E-state index in [1.165, 1.54) is 22.5 Å². The van der Waals surface area contributed by atoms with Crippen molar-refractivity contribution in [1.82, 2.24) is 4.90 Å². The molecule has 0 radical (unpaired) electrons. The number of carbonyl (C=O) groups excluding carboxylic acids is 1. The smallest absolute Gasteiger partial charge is 0.255 e. The highest BCUT2D eigenvalue weighted by molar-refractivity contribution is 9.11. The maximum atomic E-state index is 12.3. The van der Waals surface area contributed by atoms with E-state index >= 15 is 0 Å². The number of nitrogens with zero attached hydrogens (tertiary/aromatic N) is 1. The van der Waals surface area contributed by atoms with E-state index in [1.807, 2.05) is 0 Å². The third-order valence-corrected chi connectivity index (χ3v) is 6.80. The molecule has 1 unspecified atom stereocenters. The van der Waals surface area contributed by atoms with Crippen molar-refractivity contribution >= 4 is 54.8 Å². The van der Waals surface area contributed by atoms with Gasteiger partial charge in [-0.15, -0.1) is 11.3 Å². The summed E-state index contributed by atoms with van der Waals surface area (Å²) in [6.45, 7) is 0.481. The molecule has 4 nitrogen and oxygen atoms in total. The van der Waals surface area contributed by atoms with E-state index in [0.717, 1.165) is 9.54 Å². The van der Waals surface area contributed by atoms with Crippen LogP contribution in [-0.4, -0.2) is 48.9 Å². The van der Waals surface area contributed by atoms with Crippen molar-refractivity contribution in [3.05, 3.63) is 20.8 Å². The molecule has 0 spiro atoms. The third kappa shape index (κ3) is 3.09. The van der Waals surface area contributed by atoms with E-state index in [1.54, 1.807) is 23.2 Å². The minimum atomic E-state index is -3.25. The van der Waals surface area contributed by atoms with Crippen molar-refractivity contribution in [3.8, 4) is 0 Å². The van der Waals surface area contributed by atoms with Crippen LogP contribution in [0.25, 0.3) is 0 Å².